The van der Waals surface area contributed by atoms with Crippen LogP contribution in [-0.2, 0) is 14.2 Å². The molecule has 0 aromatic carbocycles. The second-order valence-electron chi connectivity index (χ2n) is 8.12. The van der Waals surface area contributed by atoms with Gasteiger partial charge in [-0.2, -0.15) is 8.78 Å². The van der Waals surface area contributed by atoms with Crippen LogP contribution in [0.5, 0.6) is 0 Å². The maximum Gasteiger partial charge on any atom is 0.199 e. The summed E-state index contributed by atoms with van der Waals surface area (Å²) in [7, 11) is 1.32. The zero-order chi connectivity index (χ0) is 21.8. The van der Waals surface area contributed by atoms with Crippen molar-refractivity contribution in [2.45, 2.75) is 92.1 Å². The maximum absolute atomic E-state index is 14.0. The Kier molecular flexibility index (Phi) is 12.5. The highest BCUT2D eigenvalue weighted by atomic mass is 19.2. The zero-order valence-electron chi connectivity index (χ0n) is 19.4. The van der Waals surface area contributed by atoms with Crippen LogP contribution in [0, 0.1) is 17.8 Å². The van der Waals surface area contributed by atoms with E-state index in [2.05, 4.69) is 6.92 Å². The molecule has 2 aliphatic rings. The van der Waals surface area contributed by atoms with Crippen molar-refractivity contribution >= 4 is 0 Å². The molecule has 0 radical (unpaired) electrons. The predicted octanol–water partition coefficient (Wildman–Crippen LogP) is 7.48. The van der Waals surface area contributed by atoms with Crippen LogP contribution in [-0.4, -0.2) is 26.4 Å². The van der Waals surface area contributed by atoms with E-state index in [9.17, 15) is 8.78 Å². The number of allylic oxidation sites excluding steroid dienone is 4. The Morgan fingerprint density at radius 1 is 0.897 bits per heavy atom. The number of rotatable bonds is 8. The average molecular weight is 417 g/mol. The van der Waals surface area contributed by atoms with E-state index in [1.807, 2.05) is 13.8 Å². The Labute approximate surface area is 176 Å². The quantitative estimate of drug-likeness (QED) is 0.303. The minimum atomic E-state index is -0.989. The molecule has 1 aliphatic heterocycles. The van der Waals surface area contributed by atoms with Gasteiger partial charge in [-0.15, -0.1) is 0 Å². The lowest BCUT2D eigenvalue weighted by Crippen LogP contribution is -2.32. The lowest BCUT2D eigenvalue weighted by atomic mass is 9.74. The second kappa shape index (κ2) is 14.0. The number of hydrogen-bond acceptors (Lipinski definition) is 3. The highest BCUT2D eigenvalue weighted by molar-refractivity contribution is 5.23. The van der Waals surface area contributed by atoms with Crippen molar-refractivity contribution in [3.05, 3.63) is 23.2 Å². The summed E-state index contributed by atoms with van der Waals surface area (Å²) in [5.41, 5.74) is 0. The summed E-state index contributed by atoms with van der Waals surface area (Å²) in [6.07, 6.45) is 9.87. The third-order valence-corrected chi connectivity index (χ3v) is 6.23. The smallest absolute Gasteiger partial charge is 0.199 e. The number of halogens is 2. The lowest BCUT2D eigenvalue weighted by molar-refractivity contribution is -0.0433. The Balaban J connectivity index is 0.00000204. The van der Waals surface area contributed by atoms with E-state index < -0.39 is 11.7 Å². The van der Waals surface area contributed by atoms with Gasteiger partial charge in [0, 0.05) is 0 Å². The minimum absolute atomic E-state index is 0.00586. The Bertz CT molecular complexity index is 514. The van der Waals surface area contributed by atoms with Gasteiger partial charge < -0.3 is 14.2 Å². The lowest BCUT2D eigenvalue weighted by Gasteiger charge is -2.37. The second-order valence-corrected chi connectivity index (χ2v) is 8.12. The first kappa shape index (κ1) is 25.9. The standard InChI is InChI=1S/C22H36F2O3.C2H6/c1-5-6-20-12-11-19(14-27-20)18-9-7-17(8-10-18)13-26-16(3)22(24)21(23)15(2)25-4;1-2/h17-20H,5-14H2,1-4H3;1-2H3/b21-15-,22-16-;. The summed E-state index contributed by atoms with van der Waals surface area (Å²) in [6, 6.07) is 0. The topological polar surface area (TPSA) is 27.7 Å². The van der Waals surface area contributed by atoms with E-state index >= 15 is 0 Å². The summed E-state index contributed by atoms with van der Waals surface area (Å²) < 4.78 is 44.1. The molecular formula is C24H42F2O3. The summed E-state index contributed by atoms with van der Waals surface area (Å²) in [6.45, 7) is 10.4. The molecule has 0 aromatic rings. The van der Waals surface area contributed by atoms with Gasteiger partial charge in [0.15, 0.2) is 11.7 Å². The molecule has 2 unspecified atom stereocenters. The van der Waals surface area contributed by atoms with Gasteiger partial charge in [0.05, 0.1) is 26.4 Å². The van der Waals surface area contributed by atoms with E-state index in [1.54, 1.807) is 0 Å². The van der Waals surface area contributed by atoms with Crippen molar-refractivity contribution in [2.75, 3.05) is 20.3 Å². The first-order valence-corrected chi connectivity index (χ1v) is 11.5. The average Bonchev–Trinajstić information content (AvgIpc) is 2.78. The Hall–Kier alpha value is -1.10. The SMILES string of the molecule is CC.CCCC1CCC(C2CCC(CO/C(C)=C(F)/C(F)=C(\C)OC)CC2)CO1. The third-order valence-electron chi connectivity index (χ3n) is 6.23. The van der Waals surface area contributed by atoms with Gasteiger partial charge in [0.2, 0.25) is 0 Å². The van der Waals surface area contributed by atoms with Crippen LogP contribution in [0.4, 0.5) is 8.78 Å². The van der Waals surface area contributed by atoms with E-state index in [0.717, 1.165) is 25.4 Å². The molecule has 2 atom stereocenters. The molecule has 0 N–H and O–H groups in total. The normalized spacial score (nSPS) is 29.1. The van der Waals surface area contributed by atoms with Crippen LogP contribution in [0.2, 0.25) is 0 Å². The summed E-state index contributed by atoms with van der Waals surface area (Å²) >= 11 is 0. The molecule has 0 spiro atoms. The molecule has 0 bridgehead atoms. The molecule has 0 aromatic heterocycles. The molecule has 5 heteroatoms. The molecule has 1 heterocycles. The van der Waals surface area contributed by atoms with Gasteiger partial charge in [0.1, 0.15) is 11.5 Å². The van der Waals surface area contributed by atoms with Gasteiger partial charge in [0.25, 0.3) is 0 Å². The van der Waals surface area contributed by atoms with Crippen LogP contribution in [0.1, 0.15) is 86.0 Å². The van der Waals surface area contributed by atoms with Crippen molar-refractivity contribution in [3.63, 3.8) is 0 Å². The largest absolute Gasteiger partial charge is 0.498 e. The first-order chi connectivity index (χ1) is 14.0. The van der Waals surface area contributed by atoms with Crippen molar-refractivity contribution in [1.82, 2.24) is 0 Å². The van der Waals surface area contributed by atoms with Crippen molar-refractivity contribution in [1.29, 1.82) is 0 Å². The molecular weight excluding hydrogens is 374 g/mol. The molecule has 2 fully saturated rings. The summed E-state index contributed by atoms with van der Waals surface area (Å²) in [5.74, 6) is -0.198. The summed E-state index contributed by atoms with van der Waals surface area (Å²) in [5, 5.41) is 0. The van der Waals surface area contributed by atoms with Gasteiger partial charge in [-0.25, -0.2) is 0 Å². The fourth-order valence-electron chi connectivity index (χ4n) is 4.28. The van der Waals surface area contributed by atoms with E-state index in [4.69, 9.17) is 14.2 Å². The fraction of sp³-hybridized carbons (Fsp3) is 0.833. The minimum Gasteiger partial charge on any atom is -0.498 e. The molecule has 29 heavy (non-hydrogen) atoms. The Morgan fingerprint density at radius 3 is 2.00 bits per heavy atom. The molecule has 0 amide bonds. The number of ether oxygens (including phenoxy) is 3. The highest BCUT2D eigenvalue weighted by Crippen LogP contribution is 2.38. The fourth-order valence-corrected chi connectivity index (χ4v) is 4.28. The molecule has 1 saturated carbocycles. The van der Waals surface area contributed by atoms with Gasteiger partial charge in [-0.3, -0.25) is 0 Å². The highest BCUT2D eigenvalue weighted by Gasteiger charge is 2.31. The molecule has 1 aliphatic carbocycles. The monoisotopic (exact) mass is 416 g/mol. The van der Waals surface area contributed by atoms with Crippen molar-refractivity contribution < 1.29 is 23.0 Å². The van der Waals surface area contributed by atoms with Crippen LogP contribution < -0.4 is 0 Å². The molecule has 2 rings (SSSR count). The van der Waals surface area contributed by atoms with Gasteiger partial charge in [-0.05, 0) is 76.5 Å². The number of methoxy groups -OCH3 is 1. The van der Waals surface area contributed by atoms with E-state index in [1.165, 1.54) is 59.5 Å². The van der Waals surface area contributed by atoms with Crippen LogP contribution in [0.15, 0.2) is 23.2 Å². The van der Waals surface area contributed by atoms with Gasteiger partial charge >= 0.3 is 0 Å². The Morgan fingerprint density at radius 2 is 1.48 bits per heavy atom. The van der Waals surface area contributed by atoms with Crippen LogP contribution >= 0.6 is 0 Å². The first-order valence-electron chi connectivity index (χ1n) is 11.5. The number of hydrogen-bond donors (Lipinski definition) is 0. The summed E-state index contributed by atoms with van der Waals surface area (Å²) in [4.78, 5) is 0. The third kappa shape index (κ3) is 8.27. The molecule has 3 nitrogen and oxygen atoms in total. The molecule has 170 valence electrons. The maximum atomic E-state index is 14.0. The zero-order valence-corrected chi connectivity index (χ0v) is 19.4. The van der Waals surface area contributed by atoms with E-state index in [-0.39, 0.29) is 11.5 Å². The van der Waals surface area contributed by atoms with Gasteiger partial charge in [-0.1, -0.05) is 27.2 Å². The predicted molar refractivity (Wildman–Crippen MR) is 115 cm³/mol. The van der Waals surface area contributed by atoms with E-state index in [0.29, 0.717) is 24.5 Å². The van der Waals surface area contributed by atoms with Crippen LogP contribution in [0.3, 0.4) is 0 Å². The molecule has 1 saturated heterocycles. The van der Waals surface area contributed by atoms with Crippen molar-refractivity contribution in [2.24, 2.45) is 17.8 Å². The van der Waals surface area contributed by atoms with Crippen molar-refractivity contribution in [3.8, 4) is 0 Å². The van der Waals surface area contributed by atoms with Crippen LogP contribution in [0.25, 0.3) is 0 Å².